The molecule has 0 fully saturated rings. The largest absolute Gasteiger partial charge is 0.250 e. The smallest absolute Gasteiger partial charge is 0.216 e. The van der Waals surface area contributed by atoms with Crippen molar-refractivity contribution in [2.75, 3.05) is 0 Å². The van der Waals surface area contributed by atoms with Gasteiger partial charge in [-0.3, -0.25) is 0 Å². The molecule has 0 saturated heterocycles. The van der Waals surface area contributed by atoms with E-state index in [1.54, 1.807) is 4.68 Å². The second-order valence-electron chi connectivity index (χ2n) is 5.79. The monoisotopic (exact) mass is 344 g/mol. The van der Waals surface area contributed by atoms with Crippen molar-refractivity contribution in [1.82, 2.24) is 14.9 Å². The second kappa shape index (κ2) is 6.45. The first kappa shape index (κ1) is 15.5. The molecule has 4 rings (SSSR count). The van der Waals surface area contributed by atoms with Gasteiger partial charge in [-0.1, -0.05) is 66.7 Å². The van der Waals surface area contributed by atoms with Crippen molar-refractivity contribution < 1.29 is 0 Å². The van der Waals surface area contributed by atoms with Crippen LogP contribution in [-0.4, -0.2) is 21.1 Å². The number of aromatic nitrogens is 3. The first-order valence-electron chi connectivity index (χ1n) is 7.99. The van der Waals surface area contributed by atoms with E-state index in [1.165, 1.54) is 5.39 Å². The predicted molar refractivity (Wildman–Crippen MR) is 105 cm³/mol. The quantitative estimate of drug-likeness (QED) is 0.422. The Labute approximate surface area is 150 Å². The van der Waals surface area contributed by atoms with Gasteiger partial charge in [0, 0.05) is 11.1 Å². The molecule has 0 spiro atoms. The average molecular weight is 344 g/mol. The molecule has 1 N–H and O–H groups in total. The summed E-state index contributed by atoms with van der Waals surface area (Å²) in [5.41, 5.74) is 3.17. The molecule has 25 heavy (non-hydrogen) atoms. The van der Waals surface area contributed by atoms with Crippen molar-refractivity contribution in [1.29, 1.82) is 0 Å². The van der Waals surface area contributed by atoms with Gasteiger partial charge in [-0.25, -0.2) is 5.10 Å². The first-order valence-corrected chi connectivity index (χ1v) is 8.40. The number of benzene rings is 3. The van der Waals surface area contributed by atoms with E-state index in [9.17, 15) is 0 Å². The van der Waals surface area contributed by atoms with Crippen LogP contribution in [0.1, 0.15) is 11.1 Å². The Morgan fingerprint density at radius 2 is 1.76 bits per heavy atom. The highest BCUT2D eigenvalue weighted by atomic mass is 32.1. The highest BCUT2D eigenvalue weighted by Gasteiger charge is 2.10. The van der Waals surface area contributed by atoms with Gasteiger partial charge in [0.25, 0.3) is 0 Å². The summed E-state index contributed by atoms with van der Waals surface area (Å²) in [6.07, 6.45) is 1.83. The van der Waals surface area contributed by atoms with Crippen LogP contribution in [-0.2, 0) is 0 Å². The molecule has 0 aliphatic rings. The van der Waals surface area contributed by atoms with Crippen LogP contribution in [0.15, 0.2) is 71.8 Å². The van der Waals surface area contributed by atoms with Crippen LogP contribution in [0.3, 0.4) is 0 Å². The van der Waals surface area contributed by atoms with Gasteiger partial charge >= 0.3 is 0 Å². The topological polar surface area (TPSA) is 46.0 Å². The van der Waals surface area contributed by atoms with Crippen molar-refractivity contribution in [3.63, 3.8) is 0 Å². The average Bonchev–Trinajstić information content (AvgIpc) is 3.01. The van der Waals surface area contributed by atoms with Crippen molar-refractivity contribution in [3.05, 3.63) is 82.6 Å². The predicted octanol–water partition coefficient (Wildman–Crippen LogP) is 4.95. The zero-order chi connectivity index (χ0) is 17.2. The lowest BCUT2D eigenvalue weighted by Gasteiger charge is -2.05. The Hall–Kier alpha value is -3.05. The molecular formula is C20H16N4S. The van der Waals surface area contributed by atoms with Gasteiger partial charge in [0.2, 0.25) is 4.77 Å². The van der Waals surface area contributed by atoms with Gasteiger partial charge in [0.1, 0.15) is 0 Å². The third-order valence-corrected chi connectivity index (χ3v) is 4.44. The molecule has 4 nitrogen and oxygen atoms in total. The molecule has 0 radical (unpaired) electrons. The Bertz CT molecular complexity index is 1130. The summed E-state index contributed by atoms with van der Waals surface area (Å²) in [6.45, 7) is 2.05. The maximum Gasteiger partial charge on any atom is 0.216 e. The lowest BCUT2D eigenvalue weighted by Crippen LogP contribution is -1.96. The maximum atomic E-state index is 5.36. The molecule has 0 aliphatic heterocycles. The Morgan fingerprint density at radius 1 is 1.00 bits per heavy atom. The van der Waals surface area contributed by atoms with E-state index >= 15 is 0 Å². The summed E-state index contributed by atoms with van der Waals surface area (Å²) in [7, 11) is 0. The van der Waals surface area contributed by atoms with Crippen LogP contribution in [0.5, 0.6) is 0 Å². The molecule has 0 bridgehead atoms. The Kier molecular flexibility index (Phi) is 3.99. The molecule has 122 valence electrons. The normalized spacial score (nSPS) is 11.4. The van der Waals surface area contributed by atoms with E-state index in [1.807, 2.05) is 61.7 Å². The van der Waals surface area contributed by atoms with E-state index in [0.717, 1.165) is 22.1 Å². The van der Waals surface area contributed by atoms with Crippen LogP contribution in [0.2, 0.25) is 0 Å². The molecule has 5 heteroatoms. The van der Waals surface area contributed by atoms with Crippen molar-refractivity contribution in [2.45, 2.75) is 6.92 Å². The van der Waals surface area contributed by atoms with Gasteiger partial charge < -0.3 is 0 Å². The minimum atomic E-state index is 0.467. The SMILES string of the molecule is Cc1ccccc1-c1n[nH]c(=S)n1N=Cc1cccc2ccccc12. The van der Waals surface area contributed by atoms with E-state index < -0.39 is 0 Å². The molecule has 1 aromatic heterocycles. The molecule has 4 aromatic rings. The summed E-state index contributed by atoms with van der Waals surface area (Å²) >= 11 is 5.36. The molecular weight excluding hydrogens is 328 g/mol. The Morgan fingerprint density at radius 3 is 2.64 bits per heavy atom. The van der Waals surface area contributed by atoms with Gasteiger partial charge in [-0.15, -0.1) is 0 Å². The van der Waals surface area contributed by atoms with Crippen LogP contribution in [0, 0.1) is 11.7 Å². The second-order valence-corrected chi connectivity index (χ2v) is 6.18. The van der Waals surface area contributed by atoms with Crippen LogP contribution in [0.25, 0.3) is 22.2 Å². The third kappa shape index (κ3) is 2.90. The zero-order valence-corrected chi connectivity index (χ0v) is 14.5. The summed E-state index contributed by atoms with van der Waals surface area (Å²) in [6, 6.07) is 22.5. The molecule has 0 aliphatic carbocycles. The fourth-order valence-electron chi connectivity index (χ4n) is 2.88. The number of hydrogen-bond acceptors (Lipinski definition) is 3. The van der Waals surface area contributed by atoms with E-state index in [4.69, 9.17) is 12.2 Å². The minimum Gasteiger partial charge on any atom is -0.250 e. The summed E-state index contributed by atoms with van der Waals surface area (Å²) < 4.78 is 2.13. The lowest BCUT2D eigenvalue weighted by atomic mass is 10.1. The number of hydrogen-bond donors (Lipinski definition) is 1. The number of nitrogens with zero attached hydrogens (tertiary/aromatic N) is 3. The number of aryl methyl sites for hydroxylation is 1. The minimum absolute atomic E-state index is 0.467. The highest BCUT2D eigenvalue weighted by molar-refractivity contribution is 7.71. The van der Waals surface area contributed by atoms with Crippen molar-refractivity contribution in [2.24, 2.45) is 5.10 Å². The van der Waals surface area contributed by atoms with Crippen molar-refractivity contribution in [3.8, 4) is 11.4 Å². The van der Waals surface area contributed by atoms with Gasteiger partial charge in [0.05, 0.1) is 6.21 Å². The van der Waals surface area contributed by atoms with Crippen LogP contribution < -0.4 is 0 Å². The summed E-state index contributed by atoms with van der Waals surface area (Å²) in [4.78, 5) is 0. The molecule has 0 amide bonds. The van der Waals surface area contributed by atoms with Gasteiger partial charge in [-0.2, -0.15) is 14.9 Å². The van der Waals surface area contributed by atoms with Crippen molar-refractivity contribution >= 4 is 29.2 Å². The first-order chi connectivity index (χ1) is 12.2. The fraction of sp³-hybridized carbons (Fsp3) is 0.0500. The maximum absolute atomic E-state index is 5.36. The number of H-pyrrole nitrogens is 1. The van der Waals surface area contributed by atoms with E-state index in [0.29, 0.717) is 10.6 Å². The molecule has 0 saturated carbocycles. The Balaban J connectivity index is 1.82. The van der Waals surface area contributed by atoms with Gasteiger partial charge in [-0.05, 0) is 35.5 Å². The molecule has 0 unspecified atom stereocenters. The third-order valence-electron chi connectivity index (χ3n) is 4.17. The lowest BCUT2D eigenvalue weighted by molar-refractivity contribution is 0.871. The standard InChI is InChI=1S/C20H16N4S/c1-14-7-2-4-11-17(14)19-22-23-20(25)24(19)21-13-16-10-6-9-15-8-3-5-12-18(15)16/h2-13H,1H3,(H,23,25). The number of nitrogens with one attached hydrogen (secondary N) is 1. The van der Waals surface area contributed by atoms with Gasteiger partial charge in [0.15, 0.2) is 5.82 Å². The zero-order valence-electron chi connectivity index (χ0n) is 13.7. The number of fused-ring (bicyclic) bond motifs is 1. The number of rotatable bonds is 3. The van der Waals surface area contributed by atoms with Crippen LogP contribution in [0.4, 0.5) is 0 Å². The molecule has 1 heterocycles. The fourth-order valence-corrected chi connectivity index (χ4v) is 3.06. The summed E-state index contributed by atoms with van der Waals surface area (Å²) in [5, 5.41) is 14.1. The van der Waals surface area contributed by atoms with E-state index in [-0.39, 0.29) is 0 Å². The van der Waals surface area contributed by atoms with Crippen LogP contribution >= 0.6 is 12.2 Å². The highest BCUT2D eigenvalue weighted by Crippen LogP contribution is 2.22. The molecule has 0 atom stereocenters. The number of aromatic amines is 1. The molecule has 3 aromatic carbocycles. The summed E-state index contributed by atoms with van der Waals surface area (Å²) in [5.74, 6) is 0.708. The van der Waals surface area contributed by atoms with E-state index in [2.05, 4.69) is 33.5 Å².